The number of ether oxygens (including phenoxy) is 1. The van der Waals surface area contributed by atoms with Crippen LogP contribution < -0.4 is 10.6 Å². The second kappa shape index (κ2) is 9.44. The Kier molecular flexibility index (Phi) is 7.55. The minimum absolute atomic E-state index is 0.237. The quantitative estimate of drug-likeness (QED) is 0.554. The van der Waals surface area contributed by atoms with E-state index < -0.39 is 5.60 Å². The molecule has 2 aliphatic heterocycles. The minimum Gasteiger partial charge on any atom is -0.444 e. The van der Waals surface area contributed by atoms with E-state index in [0.29, 0.717) is 19.0 Å². The van der Waals surface area contributed by atoms with Gasteiger partial charge in [0.05, 0.1) is 6.04 Å². The molecule has 0 spiro atoms. The van der Waals surface area contributed by atoms with E-state index in [1.807, 2.05) is 20.8 Å². The first kappa shape index (κ1) is 20.8. The van der Waals surface area contributed by atoms with Crippen molar-refractivity contribution >= 4 is 12.1 Å². The van der Waals surface area contributed by atoms with E-state index in [1.54, 1.807) is 4.90 Å². The highest BCUT2D eigenvalue weighted by atomic mass is 16.6. The molecule has 2 N–H and O–H groups in total. The summed E-state index contributed by atoms with van der Waals surface area (Å²) in [5.41, 5.74) is -0.446. The largest absolute Gasteiger partial charge is 0.444 e. The van der Waals surface area contributed by atoms with Crippen molar-refractivity contribution in [2.75, 3.05) is 45.8 Å². The summed E-state index contributed by atoms with van der Waals surface area (Å²) in [5, 5.41) is 6.75. The molecular weight excluding hydrogens is 330 g/mol. The highest BCUT2D eigenvalue weighted by molar-refractivity contribution is 5.80. The number of nitrogens with one attached hydrogen (secondary N) is 2. The molecule has 1 unspecified atom stereocenters. The number of likely N-dealkylation sites (tertiary alicyclic amines) is 2. The van der Waals surface area contributed by atoms with Gasteiger partial charge in [-0.2, -0.15) is 0 Å². The molecule has 2 fully saturated rings. The summed E-state index contributed by atoms with van der Waals surface area (Å²) in [6.45, 7) is 16.5. The summed E-state index contributed by atoms with van der Waals surface area (Å²) in [4.78, 5) is 21.0. The van der Waals surface area contributed by atoms with Gasteiger partial charge in [0.15, 0.2) is 5.96 Å². The van der Waals surface area contributed by atoms with Gasteiger partial charge in [-0.15, -0.1) is 0 Å². The zero-order valence-electron chi connectivity index (χ0n) is 17.2. The molecule has 0 aliphatic carbocycles. The van der Waals surface area contributed by atoms with Gasteiger partial charge >= 0.3 is 6.09 Å². The Balaban J connectivity index is 1.74. The van der Waals surface area contributed by atoms with Gasteiger partial charge in [-0.1, -0.05) is 6.92 Å². The van der Waals surface area contributed by atoms with E-state index in [9.17, 15) is 4.79 Å². The topological polar surface area (TPSA) is 69.2 Å². The second-order valence-corrected chi connectivity index (χ2v) is 8.40. The van der Waals surface area contributed by atoms with Crippen LogP contribution in [0.15, 0.2) is 4.99 Å². The second-order valence-electron chi connectivity index (χ2n) is 8.40. The molecule has 0 aromatic heterocycles. The molecule has 2 heterocycles. The van der Waals surface area contributed by atoms with Crippen molar-refractivity contribution in [3.05, 3.63) is 0 Å². The summed E-state index contributed by atoms with van der Waals surface area (Å²) in [7, 11) is 0. The summed E-state index contributed by atoms with van der Waals surface area (Å²) in [6.07, 6.45) is 2.22. The van der Waals surface area contributed by atoms with Crippen molar-refractivity contribution < 1.29 is 9.53 Å². The minimum atomic E-state index is -0.446. The van der Waals surface area contributed by atoms with Crippen molar-refractivity contribution in [2.24, 2.45) is 10.9 Å². The smallest absolute Gasteiger partial charge is 0.410 e. The number of amides is 1. The molecule has 1 amide bonds. The highest BCUT2D eigenvalue weighted by Gasteiger charge is 2.34. The number of hydrogen-bond donors (Lipinski definition) is 2. The lowest BCUT2D eigenvalue weighted by molar-refractivity contribution is 0.00700. The number of hydrogen-bond acceptors (Lipinski definition) is 4. The van der Waals surface area contributed by atoms with Crippen LogP contribution in [0, 0.1) is 5.92 Å². The highest BCUT2D eigenvalue weighted by Crippen LogP contribution is 2.17. The zero-order valence-corrected chi connectivity index (χ0v) is 17.2. The fraction of sp³-hybridized carbons (Fsp3) is 0.895. The maximum absolute atomic E-state index is 12.0. The molecule has 150 valence electrons. The average Bonchev–Trinajstić information content (AvgIpc) is 2.94. The number of aliphatic imine (C=N–C) groups is 1. The Morgan fingerprint density at radius 1 is 1.23 bits per heavy atom. The molecule has 7 nitrogen and oxygen atoms in total. The lowest BCUT2D eigenvalue weighted by Gasteiger charge is -2.40. The SMILES string of the molecule is CCCN1CCC(CN=C(NCC)NC2CN(C(=O)OC(C)(C)C)C2)C1. The van der Waals surface area contributed by atoms with Gasteiger partial charge in [0.1, 0.15) is 5.60 Å². The lowest BCUT2D eigenvalue weighted by Crippen LogP contribution is -2.63. The molecular formula is C19H37N5O2. The fourth-order valence-corrected chi connectivity index (χ4v) is 3.36. The standard InChI is InChI=1S/C19H37N5O2/c1-6-9-23-10-8-15(12-23)11-21-17(20-7-2)22-16-13-24(14-16)18(25)26-19(3,4)5/h15-16H,6-14H2,1-5H3,(H2,20,21,22). The van der Waals surface area contributed by atoms with Crippen LogP contribution >= 0.6 is 0 Å². The normalized spacial score (nSPS) is 22.3. The van der Waals surface area contributed by atoms with E-state index in [4.69, 9.17) is 9.73 Å². The van der Waals surface area contributed by atoms with E-state index in [-0.39, 0.29) is 12.1 Å². The Labute approximate surface area is 158 Å². The Hall–Kier alpha value is -1.50. The monoisotopic (exact) mass is 367 g/mol. The first-order chi connectivity index (χ1) is 12.3. The third-order valence-electron chi connectivity index (χ3n) is 4.64. The Morgan fingerprint density at radius 3 is 2.58 bits per heavy atom. The summed E-state index contributed by atoms with van der Waals surface area (Å²) >= 11 is 0. The van der Waals surface area contributed by atoms with Crippen molar-refractivity contribution in [1.82, 2.24) is 20.4 Å². The van der Waals surface area contributed by atoms with Crippen LogP contribution in [0.3, 0.4) is 0 Å². The van der Waals surface area contributed by atoms with Gasteiger partial charge in [-0.25, -0.2) is 4.79 Å². The third-order valence-corrected chi connectivity index (χ3v) is 4.64. The molecule has 0 aromatic rings. The summed E-state index contributed by atoms with van der Waals surface area (Å²) in [6, 6.07) is 0.237. The maximum Gasteiger partial charge on any atom is 0.410 e. The van der Waals surface area contributed by atoms with Gasteiger partial charge in [0.2, 0.25) is 0 Å². The van der Waals surface area contributed by atoms with Crippen LogP contribution in [0.5, 0.6) is 0 Å². The summed E-state index contributed by atoms with van der Waals surface area (Å²) < 4.78 is 5.40. The summed E-state index contributed by atoms with van der Waals surface area (Å²) in [5.74, 6) is 1.51. The molecule has 0 aromatic carbocycles. The number of carbonyl (C=O) groups is 1. The van der Waals surface area contributed by atoms with Gasteiger partial charge in [0.25, 0.3) is 0 Å². The van der Waals surface area contributed by atoms with Crippen molar-refractivity contribution in [2.45, 2.75) is 59.1 Å². The number of rotatable bonds is 6. The van der Waals surface area contributed by atoms with Crippen LogP contribution in [-0.4, -0.2) is 79.3 Å². The fourth-order valence-electron chi connectivity index (χ4n) is 3.36. The van der Waals surface area contributed by atoms with Crippen LogP contribution in [0.2, 0.25) is 0 Å². The van der Waals surface area contributed by atoms with Gasteiger partial charge in [0, 0.05) is 32.7 Å². The van der Waals surface area contributed by atoms with Gasteiger partial charge in [-0.3, -0.25) is 4.99 Å². The lowest BCUT2D eigenvalue weighted by atomic mass is 10.1. The van der Waals surface area contributed by atoms with Gasteiger partial charge < -0.3 is 25.2 Å². The van der Waals surface area contributed by atoms with Crippen LogP contribution in [0.4, 0.5) is 4.79 Å². The number of guanidine groups is 1. The van der Waals surface area contributed by atoms with Crippen molar-refractivity contribution in [3.8, 4) is 0 Å². The number of carbonyl (C=O) groups excluding carboxylic acids is 1. The van der Waals surface area contributed by atoms with Crippen LogP contribution in [0.1, 0.15) is 47.5 Å². The molecule has 2 aliphatic rings. The maximum atomic E-state index is 12.0. The van der Waals surface area contributed by atoms with E-state index in [0.717, 1.165) is 25.6 Å². The first-order valence-electron chi connectivity index (χ1n) is 10.1. The van der Waals surface area contributed by atoms with Crippen molar-refractivity contribution in [3.63, 3.8) is 0 Å². The Morgan fingerprint density at radius 2 is 1.96 bits per heavy atom. The van der Waals surface area contributed by atoms with E-state index >= 15 is 0 Å². The van der Waals surface area contributed by atoms with E-state index in [1.165, 1.54) is 25.9 Å². The molecule has 0 bridgehead atoms. The van der Waals surface area contributed by atoms with Crippen LogP contribution in [-0.2, 0) is 4.74 Å². The van der Waals surface area contributed by atoms with Crippen LogP contribution in [0.25, 0.3) is 0 Å². The molecule has 7 heteroatoms. The predicted octanol–water partition coefficient (Wildman–Crippen LogP) is 1.89. The molecule has 26 heavy (non-hydrogen) atoms. The molecule has 0 radical (unpaired) electrons. The molecule has 2 saturated heterocycles. The predicted molar refractivity (Wildman–Crippen MR) is 106 cm³/mol. The van der Waals surface area contributed by atoms with Crippen molar-refractivity contribution in [1.29, 1.82) is 0 Å². The molecule has 1 atom stereocenters. The van der Waals surface area contributed by atoms with Gasteiger partial charge in [-0.05, 0) is 59.5 Å². The molecule has 2 rings (SSSR count). The number of nitrogens with zero attached hydrogens (tertiary/aromatic N) is 3. The average molecular weight is 368 g/mol. The zero-order chi connectivity index (χ0) is 19.2. The third kappa shape index (κ3) is 6.67. The first-order valence-corrected chi connectivity index (χ1v) is 10.1. The molecule has 0 saturated carbocycles. The van der Waals surface area contributed by atoms with E-state index in [2.05, 4.69) is 29.4 Å². The Bertz CT molecular complexity index is 483.